The molecule has 0 aliphatic heterocycles. The standard InChI is InChI=1S/C17H13N3OS/c1-2-6-14(7-3-1)20-11-10-13(19-20)12-22-17-18-15-8-4-5-9-16(15)21-17/h1-11H,12H2. The molecular formula is C17H13N3OS. The fourth-order valence-corrected chi connectivity index (χ4v) is 2.95. The van der Waals surface area contributed by atoms with E-state index in [9.17, 15) is 0 Å². The molecule has 4 rings (SSSR count). The van der Waals surface area contributed by atoms with Gasteiger partial charge in [0.25, 0.3) is 5.22 Å². The quantitative estimate of drug-likeness (QED) is 0.527. The highest BCUT2D eigenvalue weighted by atomic mass is 32.2. The molecule has 0 aliphatic carbocycles. The van der Waals surface area contributed by atoms with Crippen molar-refractivity contribution in [1.29, 1.82) is 0 Å². The van der Waals surface area contributed by atoms with E-state index in [1.807, 2.05) is 71.5 Å². The summed E-state index contributed by atoms with van der Waals surface area (Å²) in [5.41, 5.74) is 3.76. The van der Waals surface area contributed by atoms with E-state index in [4.69, 9.17) is 4.42 Å². The molecule has 0 spiro atoms. The van der Waals surface area contributed by atoms with Crippen LogP contribution in [0.1, 0.15) is 5.69 Å². The predicted molar refractivity (Wildman–Crippen MR) is 87.1 cm³/mol. The molecule has 4 nitrogen and oxygen atoms in total. The van der Waals surface area contributed by atoms with Gasteiger partial charge in [0.1, 0.15) is 5.52 Å². The second-order valence-electron chi connectivity index (χ2n) is 4.82. The minimum absolute atomic E-state index is 0.676. The van der Waals surface area contributed by atoms with Crippen molar-refractivity contribution in [3.63, 3.8) is 0 Å². The van der Waals surface area contributed by atoms with Crippen molar-refractivity contribution >= 4 is 22.9 Å². The summed E-state index contributed by atoms with van der Waals surface area (Å²) < 4.78 is 7.58. The first-order valence-corrected chi connectivity index (χ1v) is 7.95. The lowest BCUT2D eigenvalue weighted by molar-refractivity contribution is 0.489. The molecule has 2 aromatic carbocycles. The smallest absolute Gasteiger partial charge is 0.257 e. The fourth-order valence-electron chi connectivity index (χ4n) is 2.21. The molecule has 0 atom stereocenters. The van der Waals surface area contributed by atoms with E-state index in [1.54, 1.807) is 11.8 Å². The molecule has 5 heteroatoms. The van der Waals surface area contributed by atoms with Crippen LogP contribution >= 0.6 is 11.8 Å². The first kappa shape index (κ1) is 13.2. The first-order valence-electron chi connectivity index (χ1n) is 6.97. The first-order chi connectivity index (χ1) is 10.9. The molecule has 22 heavy (non-hydrogen) atoms. The van der Waals surface area contributed by atoms with E-state index >= 15 is 0 Å². The van der Waals surface area contributed by atoms with Crippen LogP contribution < -0.4 is 0 Å². The number of hydrogen-bond acceptors (Lipinski definition) is 4. The summed E-state index contributed by atoms with van der Waals surface area (Å²) in [6.45, 7) is 0. The highest BCUT2D eigenvalue weighted by Gasteiger charge is 2.07. The number of nitrogens with zero attached hydrogens (tertiary/aromatic N) is 3. The zero-order valence-electron chi connectivity index (χ0n) is 11.7. The van der Waals surface area contributed by atoms with Gasteiger partial charge in [-0.1, -0.05) is 42.1 Å². The summed E-state index contributed by atoms with van der Waals surface area (Å²) in [7, 11) is 0. The maximum Gasteiger partial charge on any atom is 0.257 e. The van der Waals surface area contributed by atoms with E-state index < -0.39 is 0 Å². The van der Waals surface area contributed by atoms with Crippen LogP contribution in [0.2, 0.25) is 0 Å². The number of hydrogen-bond donors (Lipinski definition) is 0. The average molecular weight is 307 g/mol. The Hall–Kier alpha value is -2.53. The highest BCUT2D eigenvalue weighted by Crippen LogP contribution is 2.25. The monoisotopic (exact) mass is 307 g/mol. The van der Waals surface area contributed by atoms with Crippen molar-refractivity contribution in [2.75, 3.05) is 0 Å². The van der Waals surface area contributed by atoms with Gasteiger partial charge >= 0.3 is 0 Å². The molecule has 0 bridgehead atoms. The third-order valence-electron chi connectivity index (χ3n) is 3.28. The summed E-state index contributed by atoms with van der Waals surface area (Å²) in [4.78, 5) is 4.45. The second-order valence-corrected chi connectivity index (χ2v) is 5.75. The molecule has 0 unspecified atom stereocenters. The minimum atomic E-state index is 0.676. The Morgan fingerprint density at radius 2 is 1.77 bits per heavy atom. The molecular weight excluding hydrogens is 294 g/mol. The number of thioether (sulfide) groups is 1. The highest BCUT2D eigenvalue weighted by molar-refractivity contribution is 7.98. The van der Waals surface area contributed by atoms with Gasteiger partial charge in [0, 0.05) is 11.9 Å². The zero-order chi connectivity index (χ0) is 14.8. The Labute approximate surface area is 131 Å². The van der Waals surface area contributed by atoms with Crippen LogP contribution in [0.15, 0.2) is 76.5 Å². The van der Waals surface area contributed by atoms with E-state index in [0.29, 0.717) is 5.22 Å². The number of rotatable bonds is 4. The lowest BCUT2D eigenvalue weighted by atomic mass is 10.3. The van der Waals surface area contributed by atoms with Crippen molar-refractivity contribution < 1.29 is 4.42 Å². The van der Waals surface area contributed by atoms with Gasteiger partial charge in [-0.25, -0.2) is 9.67 Å². The van der Waals surface area contributed by atoms with Gasteiger partial charge in [-0.3, -0.25) is 0 Å². The molecule has 0 amide bonds. The zero-order valence-corrected chi connectivity index (χ0v) is 12.5. The van der Waals surface area contributed by atoms with Crippen molar-refractivity contribution in [1.82, 2.24) is 14.8 Å². The molecule has 0 fully saturated rings. The lowest BCUT2D eigenvalue weighted by Crippen LogP contribution is -1.94. The van der Waals surface area contributed by atoms with Crippen LogP contribution in [0.4, 0.5) is 0 Å². The van der Waals surface area contributed by atoms with Crippen LogP contribution in [0.5, 0.6) is 0 Å². The van der Waals surface area contributed by atoms with Crippen LogP contribution in [-0.4, -0.2) is 14.8 Å². The number of para-hydroxylation sites is 3. The van der Waals surface area contributed by atoms with E-state index in [2.05, 4.69) is 10.1 Å². The van der Waals surface area contributed by atoms with Gasteiger partial charge in [0.15, 0.2) is 5.58 Å². The second kappa shape index (κ2) is 5.69. The Kier molecular flexibility index (Phi) is 3.40. The Morgan fingerprint density at radius 3 is 2.64 bits per heavy atom. The molecule has 2 aromatic heterocycles. The van der Waals surface area contributed by atoms with Crippen molar-refractivity contribution in [3.8, 4) is 5.69 Å². The summed E-state index contributed by atoms with van der Waals surface area (Å²) in [6.07, 6.45) is 1.97. The average Bonchev–Trinajstić information content (AvgIpc) is 3.20. The van der Waals surface area contributed by atoms with Gasteiger partial charge in [-0.05, 0) is 30.3 Å². The Balaban J connectivity index is 1.49. The topological polar surface area (TPSA) is 43.9 Å². The molecule has 0 saturated heterocycles. The largest absolute Gasteiger partial charge is 0.431 e. The van der Waals surface area contributed by atoms with Gasteiger partial charge in [-0.2, -0.15) is 5.10 Å². The van der Waals surface area contributed by atoms with E-state index in [1.165, 1.54) is 0 Å². The SMILES string of the molecule is c1ccc(-n2ccc(CSc3nc4ccccc4o3)n2)cc1. The maximum atomic E-state index is 5.70. The molecule has 0 N–H and O–H groups in total. The van der Waals surface area contributed by atoms with Gasteiger partial charge < -0.3 is 4.42 Å². The normalized spacial score (nSPS) is 11.1. The van der Waals surface area contributed by atoms with E-state index in [-0.39, 0.29) is 0 Å². The number of benzene rings is 2. The molecule has 4 aromatic rings. The van der Waals surface area contributed by atoms with Crippen molar-refractivity contribution in [3.05, 3.63) is 72.6 Å². The third-order valence-corrected chi connectivity index (χ3v) is 4.14. The predicted octanol–water partition coefficient (Wildman–Crippen LogP) is 4.31. The third kappa shape index (κ3) is 2.63. The molecule has 2 heterocycles. The summed E-state index contributed by atoms with van der Waals surface area (Å²) in [5, 5.41) is 5.25. The number of fused-ring (bicyclic) bond motifs is 1. The van der Waals surface area contributed by atoms with Crippen LogP contribution in [0.25, 0.3) is 16.8 Å². The Morgan fingerprint density at radius 1 is 0.955 bits per heavy atom. The lowest BCUT2D eigenvalue weighted by Gasteiger charge is -1.99. The summed E-state index contributed by atoms with van der Waals surface area (Å²) >= 11 is 1.55. The number of aromatic nitrogens is 3. The molecule has 0 aliphatic rings. The summed E-state index contributed by atoms with van der Waals surface area (Å²) in [6, 6.07) is 19.9. The molecule has 108 valence electrons. The van der Waals surface area contributed by atoms with E-state index in [0.717, 1.165) is 28.2 Å². The van der Waals surface area contributed by atoms with Crippen LogP contribution in [-0.2, 0) is 5.75 Å². The maximum absolute atomic E-state index is 5.70. The Bertz CT molecular complexity index is 865. The minimum Gasteiger partial charge on any atom is -0.431 e. The van der Waals surface area contributed by atoms with Gasteiger partial charge in [-0.15, -0.1) is 0 Å². The molecule has 0 saturated carbocycles. The van der Waals surface area contributed by atoms with Crippen LogP contribution in [0.3, 0.4) is 0 Å². The molecule has 0 radical (unpaired) electrons. The summed E-state index contributed by atoms with van der Waals surface area (Å²) in [5.74, 6) is 0.729. The fraction of sp³-hybridized carbons (Fsp3) is 0.0588. The van der Waals surface area contributed by atoms with Crippen molar-refractivity contribution in [2.45, 2.75) is 11.0 Å². The van der Waals surface area contributed by atoms with Gasteiger partial charge in [0.2, 0.25) is 0 Å². The van der Waals surface area contributed by atoms with Gasteiger partial charge in [0.05, 0.1) is 11.4 Å². The van der Waals surface area contributed by atoms with Crippen LogP contribution in [0, 0.1) is 0 Å². The van der Waals surface area contributed by atoms with Crippen molar-refractivity contribution in [2.24, 2.45) is 0 Å². The number of oxazole rings is 1.